The lowest BCUT2D eigenvalue weighted by molar-refractivity contribution is -0.151. The summed E-state index contributed by atoms with van der Waals surface area (Å²) in [6.45, 7) is 8.82. The third-order valence-corrected chi connectivity index (χ3v) is 22.2. The molecule has 0 spiro atoms. The van der Waals surface area contributed by atoms with Gasteiger partial charge < -0.3 is 87.5 Å². The van der Waals surface area contributed by atoms with Gasteiger partial charge in [-0.1, -0.05) is 124 Å². The first kappa shape index (κ1) is 90.9. The summed E-state index contributed by atoms with van der Waals surface area (Å²) in [4.78, 5) is 188. The lowest BCUT2D eigenvalue weighted by atomic mass is 9.75. The molecule has 2 aliphatic rings. The van der Waals surface area contributed by atoms with Crippen molar-refractivity contribution >= 4 is 126 Å². The SMILES string of the molecule is CC(C)[C@H]1C(=O)N[C@@H]([C@@H](C)O)C(=O)N[C@@H](Cc2c[nH]c3ccccc23)C(=O)N[C@@H](Cc2cccc(Cl)c2)C(=O)N(C)[C@@H](Cc2ccc(Cl)cc2)C(=O)N[C@@](N)([C@@H](C)O)C(=O)N[C@@H](Cc2cccc(Cl)c2)C(=O)N[C@H](C(=O)N2CCC(C(C)(C)C)CC2)C(=O)N[C@@H](CO)C(=O)N[C@@H](CCS(C)(=O)=O)C(=O)N(C)[C@@H](CO)C(=O)N1C. The maximum absolute atomic E-state index is 15.8. The summed E-state index contributed by atoms with van der Waals surface area (Å²) >= 11 is 19.3. The van der Waals surface area contributed by atoms with Gasteiger partial charge in [0.15, 0.2) is 11.7 Å². The number of para-hydroxylation sites is 1. The van der Waals surface area contributed by atoms with E-state index in [9.17, 15) is 52.8 Å². The highest BCUT2D eigenvalue weighted by Crippen LogP contribution is 2.35. The van der Waals surface area contributed by atoms with Crippen molar-refractivity contribution in [3.63, 3.8) is 0 Å². The molecule has 113 heavy (non-hydrogen) atoms. The first-order valence-electron chi connectivity index (χ1n) is 36.8. The Morgan fingerprint density at radius 2 is 1.10 bits per heavy atom. The Labute approximate surface area is 671 Å². The minimum absolute atomic E-state index is 0.0405. The number of likely N-dealkylation sites (N-methyl/N-ethyl adjacent to an activating group) is 3. The summed E-state index contributed by atoms with van der Waals surface area (Å²) in [7, 11) is -0.646. The molecular formula is C77H103Cl3N14O18S. The monoisotopic (exact) mass is 1650 g/mol. The lowest BCUT2D eigenvalue weighted by Gasteiger charge is -2.40. The van der Waals surface area contributed by atoms with Crippen molar-refractivity contribution in [3.05, 3.63) is 141 Å². The van der Waals surface area contributed by atoms with Gasteiger partial charge in [0, 0.05) is 98.3 Å². The van der Waals surface area contributed by atoms with E-state index in [4.69, 9.17) is 40.5 Å². The lowest BCUT2D eigenvalue weighted by Crippen LogP contribution is -2.74. The van der Waals surface area contributed by atoms with Crippen molar-refractivity contribution in [1.82, 2.24) is 67.1 Å². The predicted molar refractivity (Wildman–Crippen MR) is 421 cm³/mol. The number of nitrogens with one attached hydrogen (secondary N) is 9. The van der Waals surface area contributed by atoms with E-state index in [0.717, 1.165) is 44.0 Å². The number of nitrogens with zero attached hydrogens (tertiary/aromatic N) is 4. The Balaban J connectivity index is 1.41. The van der Waals surface area contributed by atoms with Crippen molar-refractivity contribution in [3.8, 4) is 0 Å². The number of benzene rings is 4. The largest absolute Gasteiger partial charge is 0.394 e. The molecule has 12 amide bonds. The van der Waals surface area contributed by atoms with Crippen LogP contribution in [0.1, 0.15) is 90.0 Å². The van der Waals surface area contributed by atoms with Crippen LogP contribution in [0.3, 0.4) is 0 Å². The van der Waals surface area contributed by atoms with Crippen molar-refractivity contribution in [2.24, 2.45) is 23.0 Å². The molecule has 32 nitrogen and oxygen atoms in total. The van der Waals surface area contributed by atoms with Gasteiger partial charge in [0.25, 0.3) is 17.7 Å². The Kier molecular flexibility index (Phi) is 31.9. The molecule has 0 bridgehead atoms. The quantitative estimate of drug-likeness (QED) is 0.0552. The van der Waals surface area contributed by atoms with Crippen molar-refractivity contribution in [1.29, 1.82) is 0 Å². The number of sulfone groups is 1. The molecule has 3 heterocycles. The van der Waals surface area contributed by atoms with Crippen LogP contribution in [0.4, 0.5) is 0 Å². The number of aliphatic hydroxyl groups is 4. The van der Waals surface area contributed by atoms with Crippen molar-refractivity contribution in [2.75, 3.05) is 59.5 Å². The number of hydrogen-bond acceptors (Lipinski definition) is 19. The number of likely N-dealkylation sites (tertiary alicyclic amines) is 1. The van der Waals surface area contributed by atoms with Gasteiger partial charge in [-0.25, -0.2) is 8.42 Å². The number of rotatable bonds is 17. The van der Waals surface area contributed by atoms with Gasteiger partial charge in [-0.3, -0.25) is 63.3 Å². The molecular weight excluding hydrogens is 1550 g/mol. The zero-order chi connectivity index (χ0) is 83.9. The van der Waals surface area contributed by atoms with E-state index in [1.165, 1.54) is 80.4 Å². The van der Waals surface area contributed by atoms with Gasteiger partial charge in [-0.05, 0) is 115 Å². The number of hydrogen-bond donors (Lipinski definition) is 14. The number of carbonyl (C=O) groups is 12. The molecule has 5 aromatic rings. The highest BCUT2D eigenvalue weighted by molar-refractivity contribution is 7.90. The first-order chi connectivity index (χ1) is 53.0. The zero-order valence-electron chi connectivity index (χ0n) is 64.8. The molecule has 2 fully saturated rings. The summed E-state index contributed by atoms with van der Waals surface area (Å²) in [5, 5.41) is 66.0. The van der Waals surface area contributed by atoms with Crippen LogP contribution in [0, 0.1) is 17.3 Å². The van der Waals surface area contributed by atoms with E-state index in [1.807, 2.05) is 20.8 Å². The van der Waals surface area contributed by atoms with Gasteiger partial charge in [0.1, 0.15) is 64.2 Å². The molecule has 0 radical (unpaired) electrons. The van der Waals surface area contributed by atoms with Gasteiger partial charge in [-0.2, -0.15) is 0 Å². The number of carbonyl (C=O) groups excluding carboxylic acids is 12. The highest BCUT2D eigenvalue weighted by Gasteiger charge is 2.48. The molecule has 1 aromatic heterocycles. The van der Waals surface area contributed by atoms with Crippen LogP contribution < -0.4 is 48.3 Å². The van der Waals surface area contributed by atoms with E-state index in [0.29, 0.717) is 45.3 Å². The van der Waals surface area contributed by atoms with Crippen LogP contribution in [-0.2, 0) is 93.1 Å². The molecule has 15 N–H and O–H groups in total. The molecule has 0 saturated carbocycles. The van der Waals surface area contributed by atoms with Gasteiger partial charge in [-0.15, -0.1) is 0 Å². The second-order valence-electron chi connectivity index (χ2n) is 30.4. The minimum atomic E-state index is -3.99. The molecule has 2 aliphatic heterocycles. The molecule has 0 aliphatic carbocycles. The summed E-state index contributed by atoms with van der Waals surface area (Å²) in [5.41, 5.74) is 5.67. The minimum Gasteiger partial charge on any atom is -0.394 e. The highest BCUT2D eigenvalue weighted by atomic mass is 35.5. The van der Waals surface area contributed by atoms with Gasteiger partial charge in [0.05, 0.1) is 31.2 Å². The third-order valence-electron chi connectivity index (χ3n) is 20.5. The molecule has 13 atom stereocenters. The van der Waals surface area contributed by atoms with Crippen LogP contribution in [0.25, 0.3) is 10.9 Å². The average Bonchev–Trinajstić information content (AvgIpc) is 1.55. The van der Waals surface area contributed by atoms with E-state index in [2.05, 4.69) is 47.5 Å². The van der Waals surface area contributed by atoms with E-state index >= 15 is 33.6 Å². The fourth-order valence-electron chi connectivity index (χ4n) is 13.7. The van der Waals surface area contributed by atoms with Crippen LogP contribution in [-0.4, -0.2) is 262 Å². The molecule has 7 rings (SSSR count). The van der Waals surface area contributed by atoms with Crippen LogP contribution in [0.15, 0.2) is 103 Å². The van der Waals surface area contributed by atoms with E-state index in [-0.39, 0.29) is 57.9 Å². The maximum Gasteiger partial charge on any atom is 0.264 e. The maximum atomic E-state index is 15.8. The predicted octanol–water partition coefficient (Wildman–Crippen LogP) is 0.180. The number of halogens is 3. The van der Waals surface area contributed by atoms with Crippen molar-refractivity contribution in [2.45, 2.75) is 172 Å². The number of amides is 12. The Morgan fingerprint density at radius 1 is 0.566 bits per heavy atom. The molecule has 0 unspecified atom stereocenters. The van der Waals surface area contributed by atoms with Crippen molar-refractivity contribution < 1.29 is 86.4 Å². The number of piperidine rings is 1. The molecule has 2 saturated heterocycles. The normalized spacial score (nSPS) is 25.0. The summed E-state index contributed by atoms with van der Waals surface area (Å²) < 4.78 is 25.6. The number of nitrogens with two attached hydrogens (primary N) is 1. The Hall–Kier alpha value is -9.32. The zero-order valence-corrected chi connectivity index (χ0v) is 67.9. The first-order valence-corrected chi connectivity index (χ1v) is 40.0. The topological polar surface area (TPSA) is 471 Å². The summed E-state index contributed by atoms with van der Waals surface area (Å²) in [5.74, 6) is -16.2. The number of aliphatic hydroxyl groups excluding tert-OH is 4. The number of aromatic amines is 1. The van der Waals surface area contributed by atoms with Crippen LogP contribution in [0.5, 0.6) is 0 Å². The Bertz CT molecular complexity index is 4400. The van der Waals surface area contributed by atoms with E-state index in [1.54, 1.807) is 48.7 Å². The summed E-state index contributed by atoms with van der Waals surface area (Å²) in [6.07, 6.45) is -3.02. The second kappa shape index (κ2) is 39.6. The van der Waals surface area contributed by atoms with Gasteiger partial charge in [0.2, 0.25) is 53.2 Å². The fourth-order valence-corrected chi connectivity index (χ4v) is 14.9. The fraction of sp³-hybridized carbons (Fsp3) is 0.506. The number of aromatic nitrogens is 1. The summed E-state index contributed by atoms with van der Waals surface area (Å²) in [6, 6.07) is 6.07. The standard InChI is InChI=1S/C77H103Cl3N14O18S/c1-41(2)63-70(105)88-61(42(3)97)68(103)84-56(37-47-38-82-53-21-13-12-20-52(47)53)64(99)85-57(35-46-17-15-19-51(80)33-46)72(107)91(8)59(36-44-22-24-49(78)25-23-44)67(102)90-77(81,43(4)98)75(110)87-55(34-45-16-14-18-50(79)32-45)65(100)89-62(74(109)94-29-26-48(27-30-94)76(5,6)7)69(104)86-58(39-95)66(101)83-54(28-31-113(11,111)112)71(106)92(9)60(40-96)73(108)93(63)10/h12-25,32-33,38,41-43,48,54-63,82,95-98H,26-31,34-37,39-40,81H2,1-11H3,(H,83,101)(H,84,103)(H,85,99)(H,86,104)(H,87,110)(H,88,105)(H,89,100)(H,90,102)/t42-,43-,54+,55+,56+,57+,58+,59+,60+,61+,62+,63+,77+/m1/s1. The second-order valence-corrected chi connectivity index (χ2v) is 33.9. The van der Waals surface area contributed by atoms with Crippen LogP contribution in [0.2, 0.25) is 15.1 Å². The molecule has 36 heteroatoms. The number of H-pyrrole nitrogens is 1. The Morgan fingerprint density at radius 3 is 1.65 bits per heavy atom. The number of fused-ring (bicyclic) bond motifs is 1. The molecule has 616 valence electrons. The van der Waals surface area contributed by atoms with Gasteiger partial charge >= 0.3 is 0 Å². The average molecular weight is 1650 g/mol. The van der Waals surface area contributed by atoms with E-state index < -0.39 is 203 Å². The smallest absolute Gasteiger partial charge is 0.264 e. The molecule has 4 aromatic carbocycles. The van der Waals surface area contributed by atoms with Crippen LogP contribution >= 0.6 is 34.8 Å². The third kappa shape index (κ3) is 24.1.